The normalized spacial score (nSPS) is 10.4. The summed E-state index contributed by atoms with van der Waals surface area (Å²) in [7, 11) is 0. The zero-order valence-electron chi connectivity index (χ0n) is 12.1. The summed E-state index contributed by atoms with van der Waals surface area (Å²) in [6.07, 6.45) is 0. The van der Waals surface area contributed by atoms with Gasteiger partial charge < -0.3 is 4.74 Å². The summed E-state index contributed by atoms with van der Waals surface area (Å²) in [5.74, 6) is 1.38. The van der Waals surface area contributed by atoms with Crippen molar-refractivity contribution < 1.29 is 9.53 Å². The van der Waals surface area contributed by atoms with Gasteiger partial charge in [-0.15, -0.1) is 0 Å². The molecule has 0 aliphatic heterocycles. The Morgan fingerprint density at radius 1 is 1.05 bits per heavy atom. The van der Waals surface area contributed by atoms with Gasteiger partial charge in [-0.05, 0) is 68.7 Å². The molecular formula is C17H17BrO2. The molecule has 0 radical (unpaired) electrons. The number of ether oxygens (including phenoxy) is 1. The van der Waals surface area contributed by atoms with Crippen molar-refractivity contribution in [2.24, 2.45) is 0 Å². The van der Waals surface area contributed by atoms with E-state index in [9.17, 15) is 4.79 Å². The molecular weight excluding hydrogens is 316 g/mol. The topological polar surface area (TPSA) is 26.3 Å². The van der Waals surface area contributed by atoms with Crippen LogP contribution in [0.1, 0.15) is 34.0 Å². The van der Waals surface area contributed by atoms with Crippen molar-refractivity contribution in [2.75, 3.05) is 0 Å². The van der Waals surface area contributed by atoms with E-state index in [1.807, 2.05) is 32.0 Å². The Morgan fingerprint density at radius 3 is 2.40 bits per heavy atom. The van der Waals surface area contributed by atoms with Crippen molar-refractivity contribution >= 4 is 21.7 Å². The van der Waals surface area contributed by atoms with Crippen LogP contribution >= 0.6 is 15.9 Å². The second-order valence-corrected chi connectivity index (χ2v) is 5.92. The van der Waals surface area contributed by atoms with Crippen LogP contribution in [0.4, 0.5) is 0 Å². The van der Waals surface area contributed by atoms with Crippen LogP contribution < -0.4 is 4.74 Å². The summed E-state index contributed by atoms with van der Waals surface area (Å²) in [5, 5.41) is 0. The third-order valence-electron chi connectivity index (χ3n) is 3.30. The van der Waals surface area contributed by atoms with Gasteiger partial charge in [0.2, 0.25) is 0 Å². The van der Waals surface area contributed by atoms with Gasteiger partial charge in [-0.2, -0.15) is 0 Å². The van der Waals surface area contributed by atoms with Gasteiger partial charge in [-0.25, -0.2) is 0 Å². The van der Waals surface area contributed by atoms with Crippen LogP contribution in [0.3, 0.4) is 0 Å². The number of hydrogen-bond acceptors (Lipinski definition) is 2. The highest BCUT2D eigenvalue weighted by atomic mass is 79.9. The molecule has 2 aromatic carbocycles. The number of ketones is 1. The minimum Gasteiger partial charge on any atom is -0.456 e. The largest absolute Gasteiger partial charge is 0.456 e. The van der Waals surface area contributed by atoms with Crippen molar-refractivity contribution in [3.8, 4) is 11.5 Å². The van der Waals surface area contributed by atoms with E-state index in [0.717, 1.165) is 21.3 Å². The summed E-state index contributed by atoms with van der Waals surface area (Å²) in [6.45, 7) is 7.66. The molecule has 0 atom stereocenters. The monoisotopic (exact) mass is 332 g/mol. The van der Waals surface area contributed by atoms with Crippen LogP contribution in [0.25, 0.3) is 0 Å². The fourth-order valence-corrected chi connectivity index (χ4v) is 2.45. The van der Waals surface area contributed by atoms with E-state index >= 15 is 0 Å². The number of Topliss-reactive ketones (excluding diaryl/α,β-unsaturated/α-hetero) is 1. The molecule has 0 aliphatic rings. The smallest absolute Gasteiger partial charge is 0.163 e. The maximum absolute atomic E-state index is 11.7. The molecule has 0 fully saturated rings. The molecule has 3 heteroatoms. The van der Waals surface area contributed by atoms with Gasteiger partial charge in [0.25, 0.3) is 0 Å². The van der Waals surface area contributed by atoms with Crippen LogP contribution in [-0.4, -0.2) is 5.78 Å². The van der Waals surface area contributed by atoms with E-state index in [-0.39, 0.29) is 5.78 Å². The molecule has 20 heavy (non-hydrogen) atoms. The highest BCUT2D eigenvalue weighted by molar-refractivity contribution is 9.10. The Hall–Kier alpha value is -1.61. The third kappa shape index (κ3) is 3.10. The lowest BCUT2D eigenvalue weighted by molar-refractivity contribution is 0.101. The zero-order valence-corrected chi connectivity index (χ0v) is 13.7. The predicted molar refractivity (Wildman–Crippen MR) is 84.9 cm³/mol. The fraction of sp³-hybridized carbons (Fsp3) is 0.235. The van der Waals surface area contributed by atoms with Gasteiger partial charge in [0, 0.05) is 4.47 Å². The highest BCUT2D eigenvalue weighted by Gasteiger charge is 2.12. The minimum absolute atomic E-state index is 0.0108. The van der Waals surface area contributed by atoms with Crippen LogP contribution in [0.15, 0.2) is 34.8 Å². The molecule has 0 N–H and O–H groups in total. The molecule has 0 aliphatic carbocycles. The Bertz CT molecular complexity index is 675. The first-order chi connectivity index (χ1) is 9.38. The van der Waals surface area contributed by atoms with Crippen LogP contribution in [0, 0.1) is 20.8 Å². The van der Waals surface area contributed by atoms with E-state index in [2.05, 4.69) is 28.9 Å². The number of hydrogen-bond donors (Lipinski definition) is 0. The summed E-state index contributed by atoms with van der Waals surface area (Å²) < 4.78 is 6.84. The zero-order chi connectivity index (χ0) is 14.9. The van der Waals surface area contributed by atoms with Gasteiger partial charge in [0.15, 0.2) is 5.78 Å². The van der Waals surface area contributed by atoms with Gasteiger partial charge in [0.1, 0.15) is 11.5 Å². The lowest BCUT2D eigenvalue weighted by atomic mass is 10.1. The maximum Gasteiger partial charge on any atom is 0.163 e. The summed E-state index contributed by atoms with van der Waals surface area (Å²) >= 11 is 3.38. The van der Waals surface area contributed by atoms with Gasteiger partial charge in [0.05, 0.1) is 5.56 Å². The minimum atomic E-state index is -0.0108. The fourth-order valence-electron chi connectivity index (χ4n) is 2.09. The Labute approximate surface area is 127 Å². The number of halogens is 1. The molecule has 0 saturated carbocycles. The molecule has 0 bridgehead atoms. The predicted octanol–water partition coefficient (Wildman–Crippen LogP) is 5.37. The molecule has 0 aromatic heterocycles. The summed E-state index contributed by atoms with van der Waals surface area (Å²) in [6, 6.07) is 9.59. The maximum atomic E-state index is 11.7. The van der Waals surface area contributed by atoms with Crippen LogP contribution in [-0.2, 0) is 0 Å². The molecule has 0 unspecified atom stereocenters. The molecule has 0 amide bonds. The standard InChI is InChI=1S/C17H17BrO2/c1-10-7-11(2)12(3)17(8-10)20-16-6-5-14(18)9-15(16)13(4)19/h5-9H,1-4H3. The Morgan fingerprint density at radius 2 is 1.75 bits per heavy atom. The van der Waals surface area contributed by atoms with Crippen molar-refractivity contribution in [2.45, 2.75) is 27.7 Å². The molecule has 104 valence electrons. The number of carbonyl (C=O) groups excluding carboxylic acids is 1. The van der Waals surface area contributed by atoms with E-state index in [4.69, 9.17) is 4.74 Å². The van der Waals surface area contributed by atoms with Gasteiger partial charge in [-0.3, -0.25) is 4.79 Å². The van der Waals surface area contributed by atoms with Crippen LogP contribution in [0.5, 0.6) is 11.5 Å². The number of benzene rings is 2. The second-order valence-electron chi connectivity index (χ2n) is 5.00. The lowest BCUT2D eigenvalue weighted by Gasteiger charge is -2.14. The Kier molecular flexibility index (Phi) is 4.29. The summed E-state index contributed by atoms with van der Waals surface area (Å²) in [4.78, 5) is 11.7. The van der Waals surface area contributed by atoms with E-state index in [1.54, 1.807) is 13.0 Å². The SMILES string of the molecule is CC(=O)c1cc(Br)ccc1Oc1cc(C)cc(C)c1C. The average molecular weight is 333 g/mol. The first kappa shape index (κ1) is 14.8. The van der Waals surface area contributed by atoms with E-state index in [0.29, 0.717) is 11.3 Å². The van der Waals surface area contributed by atoms with Crippen molar-refractivity contribution in [1.29, 1.82) is 0 Å². The molecule has 0 saturated heterocycles. The second kappa shape index (κ2) is 5.80. The van der Waals surface area contributed by atoms with E-state index < -0.39 is 0 Å². The highest BCUT2D eigenvalue weighted by Crippen LogP contribution is 2.32. The average Bonchev–Trinajstić information content (AvgIpc) is 2.37. The van der Waals surface area contributed by atoms with Crippen LogP contribution in [0.2, 0.25) is 0 Å². The summed E-state index contributed by atoms with van der Waals surface area (Å²) in [5.41, 5.74) is 4.00. The van der Waals surface area contributed by atoms with Gasteiger partial charge in [-0.1, -0.05) is 22.0 Å². The first-order valence-electron chi connectivity index (χ1n) is 6.44. The van der Waals surface area contributed by atoms with Crippen molar-refractivity contribution in [3.63, 3.8) is 0 Å². The molecule has 2 nitrogen and oxygen atoms in total. The number of rotatable bonds is 3. The first-order valence-corrected chi connectivity index (χ1v) is 7.24. The molecule has 2 aromatic rings. The third-order valence-corrected chi connectivity index (χ3v) is 3.80. The van der Waals surface area contributed by atoms with Crippen molar-refractivity contribution in [1.82, 2.24) is 0 Å². The number of aryl methyl sites for hydroxylation is 2. The molecule has 2 rings (SSSR count). The van der Waals surface area contributed by atoms with E-state index in [1.165, 1.54) is 5.56 Å². The Balaban J connectivity index is 2.48. The quantitative estimate of drug-likeness (QED) is 0.706. The molecule has 0 spiro atoms. The van der Waals surface area contributed by atoms with Gasteiger partial charge >= 0.3 is 0 Å². The van der Waals surface area contributed by atoms with Crippen molar-refractivity contribution in [3.05, 3.63) is 57.1 Å². The lowest BCUT2D eigenvalue weighted by Crippen LogP contribution is -1.99. The molecule has 0 heterocycles. The number of carbonyl (C=O) groups is 1.